The zero-order valence-corrected chi connectivity index (χ0v) is 12.8. The van der Waals surface area contributed by atoms with Crippen molar-refractivity contribution in [1.29, 1.82) is 0 Å². The third kappa shape index (κ3) is 3.06. The summed E-state index contributed by atoms with van der Waals surface area (Å²) in [5.74, 6) is 7.89. The summed E-state index contributed by atoms with van der Waals surface area (Å²) in [6.45, 7) is 4.67. The molecule has 1 aromatic heterocycles. The Hall–Kier alpha value is -1.52. The van der Waals surface area contributed by atoms with Crippen LogP contribution in [0.25, 0.3) is 11.0 Å². The second kappa shape index (κ2) is 6.08. The summed E-state index contributed by atoms with van der Waals surface area (Å²) < 4.78 is 0. The largest absolute Gasteiger partial charge is 0.271 e. The molecule has 4 heteroatoms. The Balaban J connectivity index is 1.90. The van der Waals surface area contributed by atoms with Gasteiger partial charge in [-0.2, -0.15) is 0 Å². The van der Waals surface area contributed by atoms with Crippen LogP contribution in [0.5, 0.6) is 0 Å². The number of para-hydroxylation sites is 2. The summed E-state index contributed by atoms with van der Waals surface area (Å²) in [5, 5.41) is 0. The first-order valence-corrected chi connectivity index (χ1v) is 7.85. The molecule has 1 aromatic carbocycles. The van der Waals surface area contributed by atoms with Gasteiger partial charge in [0.2, 0.25) is 0 Å². The monoisotopic (exact) mass is 284 g/mol. The molecule has 112 valence electrons. The smallest absolute Gasteiger partial charge is 0.0890 e. The van der Waals surface area contributed by atoms with E-state index in [4.69, 9.17) is 10.8 Å². The summed E-state index contributed by atoms with van der Waals surface area (Å²) in [7, 11) is 0. The summed E-state index contributed by atoms with van der Waals surface area (Å²) in [6.07, 6.45) is 5.59. The molecule has 4 nitrogen and oxygen atoms in total. The molecular weight excluding hydrogens is 260 g/mol. The Labute approximate surface area is 126 Å². The Morgan fingerprint density at radius 3 is 2.43 bits per heavy atom. The number of fused-ring (bicyclic) bond motifs is 1. The van der Waals surface area contributed by atoms with Gasteiger partial charge in [-0.25, -0.2) is 4.98 Å². The minimum absolute atomic E-state index is 0.0901. The lowest BCUT2D eigenvalue weighted by Gasteiger charge is -2.35. The molecule has 21 heavy (non-hydrogen) atoms. The van der Waals surface area contributed by atoms with Crippen molar-refractivity contribution >= 4 is 11.0 Å². The first-order valence-electron chi connectivity index (χ1n) is 7.85. The first kappa shape index (κ1) is 14.4. The van der Waals surface area contributed by atoms with Crippen LogP contribution in [-0.2, 0) is 0 Å². The molecule has 1 heterocycles. The van der Waals surface area contributed by atoms with Gasteiger partial charge in [0.25, 0.3) is 0 Å². The molecule has 3 atom stereocenters. The summed E-state index contributed by atoms with van der Waals surface area (Å²) >= 11 is 0. The number of rotatable bonds is 3. The fourth-order valence-electron chi connectivity index (χ4n) is 3.87. The van der Waals surface area contributed by atoms with E-state index in [1.807, 2.05) is 30.5 Å². The topological polar surface area (TPSA) is 63.8 Å². The van der Waals surface area contributed by atoms with Gasteiger partial charge in [-0.1, -0.05) is 26.0 Å². The maximum absolute atomic E-state index is 5.85. The predicted molar refractivity (Wildman–Crippen MR) is 85.3 cm³/mol. The quantitative estimate of drug-likeness (QED) is 0.671. The molecule has 0 saturated heterocycles. The van der Waals surface area contributed by atoms with E-state index < -0.39 is 0 Å². The van der Waals surface area contributed by atoms with E-state index in [0.29, 0.717) is 5.92 Å². The zero-order valence-electron chi connectivity index (χ0n) is 12.8. The van der Waals surface area contributed by atoms with Crippen LogP contribution in [0, 0.1) is 17.8 Å². The normalized spacial score (nSPS) is 27.7. The number of nitrogens with zero attached hydrogens (tertiary/aromatic N) is 2. The van der Waals surface area contributed by atoms with Gasteiger partial charge in [-0.05, 0) is 49.1 Å². The fourth-order valence-corrected chi connectivity index (χ4v) is 3.87. The van der Waals surface area contributed by atoms with Crippen molar-refractivity contribution in [2.75, 3.05) is 0 Å². The summed E-state index contributed by atoms with van der Waals surface area (Å²) in [4.78, 5) is 9.29. The van der Waals surface area contributed by atoms with Gasteiger partial charge >= 0.3 is 0 Å². The zero-order chi connectivity index (χ0) is 14.8. The Bertz CT molecular complexity index is 603. The van der Waals surface area contributed by atoms with E-state index in [2.05, 4.69) is 24.3 Å². The third-order valence-corrected chi connectivity index (χ3v) is 4.65. The molecule has 0 aliphatic heterocycles. The molecule has 1 fully saturated rings. The Morgan fingerprint density at radius 1 is 1.10 bits per heavy atom. The van der Waals surface area contributed by atoms with E-state index in [-0.39, 0.29) is 6.04 Å². The number of hydrogen-bond acceptors (Lipinski definition) is 4. The average Bonchev–Trinajstić information content (AvgIpc) is 2.47. The lowest BCUT2D eigenvalue weighted by molar-refractivity contribution is 0.175. The highest BCUT2D eigenvalue weighted by molar-refractivity contribution is 5.73. The van der Waals surface area contributed by atoms with Gasteiger partial charge in [0, 0.05) is 0 Å². The van der Waals surface area contributed by atoms with Crippen molar-refractivity contribution in [3.05, 3.63) is 36.2 Å². The molecule has 3 unspecified atom stereocenters. The van der Waals surface area contributed by atoms with Gasteiger partial charge in [0.1, 0.15) is 0 Å². The summed E-state index contributed by atoms with van der Waals surface area (Å²) in [5.41, 5.74) is 5.82. The van der Waals surface area contributed by atoms with Gasteiger partial charge < -0.3 is 0 Å². The highest BCUT2D eigenvalue weighted by Gasteiger charge is 2.31. The average molecular weight is 284 g/mol. The molecule has 0 amide bonds. The van der Waals surface area contributed by atoms with E-state index >= 15 is 0 Å². The van der Waals surface area contributed by atoms with E-state index in [1.165, 1.54) is 19.3 Å². The van der Waals surface area contributed by atoms with Gasteiger partial charge in [-0.15, -0.1) is 0 Å². The number of aromatic nitrogens is 2. The lowest BCUT2D eigenvalue weighted by atomic mass is 9.73. The highest BCUT2D eigenvalue weighted by Crippen LogP contribution is 2.39. The minimum atomic E-state index is 0.0901. The second-order valence-corrected chi connectivity index (χ2v) is 6.61. The molecule has 0 bridgehead atoms. The second-order valence-electron chi connectivity index (χ2n) is 6.61. The number of hydrogen-bond donors (Lipinski definition) is 2. The molecule has 1 aliphatic carbocycles. The van der Waals surface area contributed by atoms with Crippen molar-refractivity contribution in [2.24, 2.45) is 23.6 Å². The van der Waals surface area contributed by atoms with E-state index in [1.54, 1.807) is 0 Å². The standard InChI is InChI=1S/C17H24N4/c1-11-7-12(2)9-13(8-11)17(21-18)16-10-19-14-5-3-4-6-15(14)20-16/h3-6,10-13,17,21H,7-9,18H2,1-2H3. The molecule has 3 rings (SSSR count). The first-order chi connectivity index (χ1) is 10.2. The van der Waals surface area contributed by atoms with Gasteiger partial charge in [-0.3, -0.25) is 16.3 Å². The molecular formula is C17H24N4. The molecule has 1 aliphatic rings. The maximum Gasteiger partial charge on any atom is 0.0890 e. The molecule has 3 N–H and O–H groups in total. The van der Waals surface area contributed by atoms with Crippen LogP contribution in [0.15, 0.2) is 30.5 Å². The van der Waals surface area contributed by atoms with Gasteiger partial charge in [0.05, 0.1) is 29.0 Å². The molecule has 1 saturated carbocycles. The Kier molecular flexibility index (Phi) is 4.17. The minimum Gasteiger partial charge on any atom is -0.271 e. The molecule has 2 aromatic rings. The summed E-state index contributed by atoms with van der Waals surface area (Å²) in [6, 6.07) is 8.07. The fraction of sp³-hybridized carbons (Fsp3) is 0.529. The third-order valence-electron chi connectivity index (χ3n) is 4.65. The van der Waals surface area contributed by atoms with Crippen LogP contribution in [0.2, 0.25) is 0 Å². The highest BCUT2D eigenvalue weighted by atomic mass is 15.2. The van der Waals surface area contributed by atoms with Crippen molar-refractivity contribution in [3.63, 3.8) is 0 Å². The number of hydrazine groups is 1. The van der Waals surface area contributed by atoms with Crippen molar-refractivity contribution in [3.8, 4) is 0 Å². The van der Waals surface area contributed by atoms with E-state index in [9.17, 15) is 0 Å². The Morgan fingerprint density at radius 2 is 1.76 bits per heavy atom. The van der Waals surface area contributed by atoms with Crippen molar-refractivity contribution in [2.45, 2.75) is 39.2 Å². The van der Waals surface area contributed by atoms with Crippen LogP contribution < -0.4 is 11.3 Å². The van der Waals surface area contributed by atoms with Crippen LogP contribution in [-0.4, -0.2) is 9.97 Å². The van der Waals surface area contributed by atoms with Crippen LogP contribution in [0.1, 0.15) is 44.8 Å². The van der Waals surface area contributed by atoms with Crippen LogP contribution in [0.4, 0.5) is 0 Å². The molecule has 0 spiro atoms. The van der Waals surface area contributed by atoms with Gasteiger partial charge in [0.15, 0.2) is 0 Å². The van der Waals surface area contributed by atoms with Crippen molar-refractivity contribution < 1.29 is 0 Å². The number of nitrogens with one attached hydrogen (secondary N) is 1. The molecule has 0 radical (unpaired) electrons. The van der Waals surface area contributed by atoms with Crippen LogP contribution >= 0.6 is 0 Å². The SMILES string of the molecule is CC1CC(C)CC(C(NN)c2cnc3ccccc3n2)C1. The lowest BCUT2D eigenvalue weighted by Crippen LogP contribution is -2.37. The number of nitrogens with two attached hydrogens (primary N) is 1. The predicted octanol–water partition coefficient (Wildman–Crippen LogP) is 3.21. The van der Waals surface area contributed by atoms with Crippen LogP contribution in [0.3, 0.4) is 0 Å². The maximum atomic E-state index is 5.85. The number of benzene rings is 1. The van der Waals surface area contributed by atoms with Crippen molar-refractivity contribution in [1.82, 2.24) is 15.4 Å². The van der Waals surface area contributed by atoms with E-state index in [0.717, 1.165) is 28.6 Å².